The van der Waals surface area contributed by atoms with E-state index in [0.29, 0.717) is 13.1 Å². The van der Waals surface area contributed by atoms with Crippen LogP contribution in [0.1, 0.15) is 28.2 Å². The van der Waals surface area contributed by atoms with Gasteiger partial charge >= 0.3 is 11.9 Å². The second kappa shape index (κ2) is 14.8. The first-order valence-corrected chi connectivity index (χ1v) is 8.58. The summed E-state index contributed by atoms with van der Waals surface area (Å²) in [5.74, 6) is -2.53. The van der Waals surface area contributed by atoms with E-state index in [4.69, 9.17) is 10.2 Å². The number of carboxylic acids is 2. The molecule has 0 atom stereocenters. The summed E-state index contributed by atoms with van der Waals surface area (Å²) in [5.41, 5.74) is 0. The quantitative estimate of drug-likeness (QED) is 0.346. The van der Waals surface area contributed by atoms with Gasteiger partial charge in [0.2, 0.25) is 0 Å². The highest BCUT2D eigenvalue weighted by atomic mass is 16.4. The molecular weight excluding hydrogens is 370 g/mol. The zero-order valence-corrected chi connectivity index (χ0v) is 16.1. The minimum atomic E-state index is -1.05. The molecule has 2 N–H and O–H groups in total. The third kappa shape index (κ3) is 16.0. The minimum Gasteiger partial charge on any atom is -0.480 e. The van der Waals surface area contributed by atoms with Gasteiger partial charge in [0.15, 0.2) is 0 Å². The number of aliphatic carboxylic acids is 2. The summed E-state index contributed by atoms with van der Waals surface area (Å²) in [4.78, 5) is 60.6. The molecule has 0 saturated heterocycles. The summed E-state index contributed by atoms with van der Waals surface area (Å²) in [7, 11) is 0. The van der Waals surface area contributed by atoms with Crippen molar-refractivity contribution in [2.24, 2.45) is 0 Å². The number of hydrogen-bond donors (Lipinski definition) is 2. The van der Waals surface area contributed by atoms with Crippen molar-refractivity contribution in [3.63, 3.8) is 0 Å². The summed E-state index contributed by atoms with van der Waals surface area (Å²) < 4.78 is 0. The Morgan fingerprint density at radius 1 is 0.536 bits per heavy atom. The molecule has 0 aliphatic rings. The van der Waals surface area contributed by atoms with Gasteiger partial charge in [-0.3, -0.25) is 38.7 Å². The lowest BCUT2D eigenvalue weighted by atomic mass is 10.3. The van der Waals surface area contributed by atoms with E-state index in [9.17, 15) is 24.0 Å². The lowest BCUT2D eigenvalue weighted by Gasteiger charge is -2.28. The SMILES string of the molecule is C.CC(=O)CN(CCN(CC(C)=O)CC(=O)O)CCN(CC(C)=O)CC(=O)O. The van der Waals surface area contributed by atoms with Gasteiger partial charge in [-0.1, -0.05) is 7.43 Å². The Morgan fingerprint density at radius 3 is 1.04 bits per heavy atom. The lowest BCUT2D eigenvalue weighted by molar-refractivity contribution is -0.139. The van der Waals surface area contributed by atoms with Crippen LogP contribution < -0.4 is 0 Å². The van der Waals surface area contributed by atoms with Gasteiger partial charge in [-0.25, -0.2) is 0 Å². The fraction of sp³-hybridized carbons (Fsp3) is 0.722. The number of hydrogen-bond acceptors (Lipinski definition) is 8. The largest absolute Gasteiger partial charge is 0.480 e. The molecule has 0 fully saturated rings. The summed E-state index contributed by atoms with van der Waals surface area (Å²) in [6.45, 7) is 4.89. The van der Waals surface area contributed by atoms with Gasteiger partial charge < -0.3 is 10.2 Å². The number of rotatable bonds is 16. The lowest BCUT2D eigenvalue weighted by Crippen LogP contribution is -2.45. The van der Waals surface area contributed by atoms with E-state index in [2.05, 4.69) is 0 Å². The highest BCUT2D eigenvalue weighted by molar-refractivity contribution is 5.79. The second-order valence-electron chi connectivity index (χ2n) is 6.59. The fourth-order valence-corrected chi connectivity index (χ4v) is 2.59. The molecule has 10 nitrogen and oxygen atoms in total. The highest BCUT2D eigenvalue weighted by Crippen LogP contribution is 1.98. The van der Waals surface area contributed by atoms with Gasteiger partial charge in [0.1, 0.15) is 17.3 Å². The maximum Gasteiger partial charge on any atom is 0.317 e. The number of carboxylic acid groups (broad SMARTS) is 2. The van der Waals surface area contributed by atoms with Gasteiger partial charge in [-0.15, -0.1) is 0 Å². The summed E-state index contributed by atoms with van der Waals surface area (Å²) >= 11 is 0. The van der Waals surface area contributed by atoms with E-state index in [1.807, 2.05) is 0 Å². The Balaban J connectivity index is 0. The number of nitrogens with zero attached hydrogens (tertiary/aromatic N) is 3. The van der Waals surface area contributed by atoms with Crippen LogP contribution in [0.15, 0.2) is 0 Å². The molecule has 0 aromatic heterocycles. The number of carbonyl (C=O) groups excluding carboxylic acids is 3. The van der Waals surface area contributed by atoms with Crippen LogP contribution in [0.3, 0.4) is 0 Å². The Labute approximate surface area is 166 Å². The van der Waals surface area contributed by atoms with Crippen LogP contribution >= 0.6 is 0 Å². The van der Waals surface area contributed by atoms with Crippen LogP contribution in [0.25, 0.3) is 0 Å². The highest BCUT2D eigenvalue weighted by Gasteiger charge is 2.17. The van der Waals surface area contributed by atoms with Crippen molar-refractivity contribution in [2.45, 2.75) is 28.2 Å². The molecule has 0 radical (unpaired) electrons. The van der Waals surface area contributed by atoms with E-state index in [1.165, 1.54) is 30.6 Å². The van der Waals surface area contributed by atoms with Gasteiger partial charge in [0.05, 0.1) is 32.7 Å². The monoisotopic (exact) mass is 403 g/mol. The molecule has 0 heterocycles. The number of ketones is 3. The first-order chi connectivity index (χ1) is 12.5. The first-order valence-electron chi connectivity index (χ1n) is 8.58. The zero-order valence-electron chi connectivity index (χ0n) is 16.1. The Hall–Kier alpha value is -2.17. The predicted molar refractivity (Wildman–Crippen MR) is 103 cm³/mol. The summed E-state index contributed by atoms with van der Waals surface area (Å²) in [6.07, 6.45) is 0. The molecule has 0 aromatic rings. The third-order valence-electron chi connectivity index (χ3n) is 3.52. The molecule has 0 spiro atoms. The van der Waals surface area contributed by atoms with Gasteiger partial charge in [0, 0.05) is 26.2 Å². The van der Waals surface area contributed by atoms with Crippen molar-refractivity contribution in [2.75, 3.05) is 58.9 Å². The first kappa shape index (κ1) is 28.0. The molecular formula is C18H33N3O7. The molecule has 0 bridgehead atoms. The Kier molecular flexibility index (Phi) is 14.9. The van der Waals surface area contributed by atoms with Crippen molar-refractivity contribution in [3.8, 4) is 0 Å². The average Bonchev–Trinajstić information content (AvgIpc) is 2.46. The molecule has 162 valence electrons. The fourth-order valence-electron chi connectivity index (χ4n) is 2.59. The predicted octanol–water partition coefficient (Wildman–Crippen LogP) is -0.535. The second-order valence-corrected chi connectivity index (χ2v) is 6.59. The van der Waals surface area contributed by atoms with Crippen molar-refractivity contribution < 1.29 is 34.2 Å². The summed E-state index contributed by atoms with van der Waals surface area (Å²) in [5, 5.41) is 17.9. The third-order valence-corrected chi connectivity index (χ3v) is 3.52. The summed E-state index contributed by atoms with van der Waals surface area (Å²) in [6, 6.07) is 0. The topological polar surface area (TPSA) is 136 Å². The van der Waals surface area contributed by atoms with Crippen molar-refractivity contribution in [1.29, 1.82) is 0 Å². The molecule has 0 saturated carbocycles. The van der Waals surface area contributed by atoms with Crippen molar-refractivity contribution in [3.05, 3.63) is 0 Å². The van der Waals surface area contributed by atoms with E-state index < -0.39 is 11.9 Å². The molecule has 0 rings (SSSR count). The van der Waals surface area contributed by atoms with Crippen LogP contribution in [0.5, 0.6) is 0 Å². The maximum absolute atomic E-state index is 11.5. The number of carbonyl (C=O) groups is 5. The van der Waals surface area contributed by atoms with Gasteiger partial charge in [-0.2, -0.15) is 0 Å². The Morgan fingerprint density at radius 2 is 0.786 bits per heavy atom. The average molecular weight is 403 g/mol. The maximum atomic E-state index is 11.5. The number of Topliss-reactive ketones (excluding diaryl/α,β-unsaturated/α-hetero) is 3. The molecule has 0 aromatic carbocycles. The van der Waals surface area contributed by atoms with Gasteiger partial charge in [-0.05, 0) is 20.8 Å². The van der Waals surface area contributed by atoms with Crippen LogP contribution in [0.4, 0.5) is 0 Å². The van der Waals surface area contributed by atoms with Crippen LogP contribution in [-0.4, -0.2) is 113 Å². The molecule has 0 aliphatic carbocycles. The van der Waals surface area contributed by atoms with Crippen LogP contribution in [0.2, 0.25) is 0 Å². The molecule has 28 heavy (non-hydrogen) atoms. The molecule has 0 amide bonds. The van der Waals surface area contributed by atoms with Crippen LogP contribution in [-0.2, 0) is 24.0 Å². The standard InChI is InChI=1S/C17H29N3O7.CH4/c1-13(21)8-18(4-6-19(9-14(2)22)11-16(24)25)5-7-20(10-15(3)23)12-17(26)27;/h4-12H2,1-3H3,(H,24,25)(H,26,27);1H4. The molecule has 0 unspecified atom stereocenters. The molecule has 0 aliphatic heterocycles. The van der Waals surface area contributed by atoms with Crippen molar-refractivity contribution in [1.82, 2.24) is 14.7 Å². The van der Waals surface area contributed by atoms with E-state index in [-0.39, 0.29) is 70.6 Å². The minimum absolute atomic E-state index is 0. The van der Waals surface area contributed by atoms with Crippen molar-refractivity contribution >= 4 is 29.3 Å². The van der Waals surface area contributed by atoms with E-state index >= 15 is 0 Å². The van der Waals surface area contributed by atoms with Crippen LogP contribution in [0, 0.1) is 0 Å². The zero-order chi connectivity index (χ0) is 21.0. The van der Waals surface area contributed by atoms with E-state index in [0.717, 1.165) is 0 Å². The molecule has 10 heteroatoms. The normalized spacial score (nSPS) is 10.8. The Bertz CT molecular complexity index is 479. The smallest absolute Gasteiger partial charge is 0.317 e. The van der Waals surface area contributed by atoms with Gasteiger partial charge in [0.25, 0.3) is 0 Å². The van der Waals surface area contributed by atoms with E-state index in [1.54, 1.807) is 4.90 Å².